The second-order valence-corrected chi connectivity index (χ2v) is 7.55. The molecule has 0 saturated carbocycles. The van der Waals surface area contributed by atoms with Crippen molar-refractivity contribution in [1.82, 2.24) is 15.5 Å². The SMILES string of the molecule is CN(CCCNC(=NCC(=O)N1CCCC1)NCCc1ccco1)c1ccccc1. The molecule has 1 aliphatic heterocycles. The molecule has 0 radical (unpaired) electrons. The van der Waals surface area contributed by atoms with Crippen molar-refractivity contribution in [3.05, 3.63) is 54.5 Å². The summed E-state index contributed by atoms with van der Waals surface area (Å²) >= 11 is 0. The van der Waals surface area contributed by atoms with Gasteiger partial charge in [0, 0.05) is 51.9 Å². The van der Waals surface area contributed by atoms with Crippen molar-refractivity contribution in [2.75, 3.05) is 51.2 Å². The average molecular weight is 412 g/mol. The Balaban J connectivity index is 1.45. The number of carbonyl (C=O) groups excluding carboxylic acids is 1. The van der Waals surface area contributed by atoms with Crippen molar-refractivity contribution in [1.29, 1.82) is 0 Å². The number of likely N-dealkylation sites (tertiary alicyclic amines) is 1. The highest BCUT2D eigenvalue weighted by molar-refractivity contribution is 5.85. The summed E-state index contributed by atoms with van der Waals surface area (Å²) in [6.07, 6.45) is 5.60. The molecule has 7 heteroatoms. The molecule has 0 bridgehead atoms. The zero-order chi connectivity index (χ0) is 21.0. The Kier molecular flexibility index (Phi) is 8.62. The Bertz CT molecular complexity index is 770. The Labute approximate surface area is 179 Å². The molecule has 0 aliphatic carbocycles. The van der Waals surface area contributed by atoms with Crippen LogP contribution in [0.15, 0.2) is 58.1 Å². The molecule has 3 rings (SSSR count). The molecule has 2 heterocycles. The predicted molar refractivity (Wildman–Crippen MR) is 121 cm³/mol. The van der Waals surface area contributed by atoms with Gasteiger partial charge in [-0.25, -0.2) is 4.99 Å². The Morgan fingerprint density at radius 1 is 1.10 bits per heavy atom. The maximum atomic E-state index is 12.3. The van der Waals surface area contributed by atoms with Gasteiger partial charge in [-0.1, -0.05) is 18.2 Å². The summed E-state index contributed by atoms with van der Waals surface area (Å²) in [4.78, 5) is 21.0. The van der Waals surface area contributed by atoms with E-state index in [0.29, 0.717) is 12.5 Å². The lowest BCUT2D eigenvalue weighted by molar-refractivity contribution is -0.128. The number of nitrogens with one attached hydrogen (secondary N) is 2. The minimum atomic E-state index is 0.100. The van der Waals surface area contributed by atoms with Crippen LogP contribution < -0.4 is 15.5 Å². The minimum Gasteiger partial charge on any atom is -0.469 e. The van der Waals surface area contributed by atoms with Gasteiger partial charge in [-0.15, -0.1) is 0 Å². The fourth-order valence-corrected chi connectivity index (χ4v) is 3.48. The molecule has 1 fully saturated rings. The number of benzene rings is 1. The maximum absolute atomic E-state index is 12.3. The smallest absolute Gasteiger partial charge is 0.244 e. The van der Waals surface area contributed by atoms with Gasteiger partial charge in [0.05, 0.1) is 6.26 Å². The molecule has 0 atom stereocenters. The lowest BCUT2D eigenvalue weighted by Crippen LogP contribution is -2.40. The molecule has 0 spiro atoms. The van der Waals surface area contributed by atoms with Crippen molar-refractivity contribution in [3.8, 4) is 0 Å². The van der Waals surface area contributed by atoms with E-state index in [1.165, 1.54) is 5.69 Å². The van der Waals surface area contributed by atoms with E-state index in [1.807, 2.05) is 23.1 Å². The van der Waals surface area contributed by atoms with Gasteiger partial charge in [0.15, 0.2) is 5.96 Å². The predicted octanol–water partition coefficient (Wildman–Crippen LogP) is 2.51. The number of amides is 1. The zero-order valence-electron chi connectivity index (χ0n) is 17.8. The minimum absolute atomic E-state index is 0.100. The third-order valence-corrected chi connectivity index (χ3v) is 5.23. The molecule has 162 valence electrons. The van der Waals surface area contributed by atoms with Gasteiger partial charge >= 0.3 is 0 Å². The van der Waals surface area contributed by atoms with E-state index in [9.17, 15) is 4.79 Å². The van der Waals surface area contributed by atoms with Crippen molar-refractivity contribution < 1.29 is 9.21 Å². The molecule has 1 aromatic heterocycles. The van der Waals surface area contributed by atoms with Crippen LogP contribution in [0.2, 0.25) is 0 Å². The van der Waals surface area contributed by atoms with Crippen molar-refractivity contribution in [2.45, 2.75) is 25.7 Å². The normalized spacial score (nSPS) is 14.0. The van der Waals surface area contributed by atoms with Gasteiger partial charge < -0.3 is 24.9 Å². The number of aliphatic imine (C=N–C) groups is 1. The summed E-state index contributed by atoms with van der Waals surface area (Å²) in [7, 11) is 2.10. The first-order valence-electron chi connectivity index (χ1n) is 10.8. The van der Waals surface area contributed by atoms with Crippen molar-refractivity contribution in [3.63, 3.8) is 0 Å². The summed E-state index contributed by atoms with van der Waals surface area (Å²) < 4.78 is 5.38. The van der Waals surface area contributed by atoms with Crippen LogP contribution in [0.1, 0.15) is 25.0 Å². The molecule has 2 N–H and O–H groups in total. The van der Waals surface area contributed by atoms with Crippen LogP contribution in [-0.4, -0.2) is 63.1 Å². The molecule has 1 amide bonds. The summed E-state index contributed by atoms with van der Waals surface area (Å²) in [5.41, 5.74) is 1.21. The van der Waals surface area contributed by atoms with Gasteiger partial charge in [-0.05, 0) is 43.5 Å². The quantitative estimate of drug-likeness (QED) is 0.357. The number of guanidine groups is 1. The molecule has 1 saturated heterocycles. The Morgan fingerprint density at radius 3 is 2.60 bits per heavy atom. The average Bonchev–Trinajstić information content (AvgIpc) is 3.49. The molecule has 1 aliphatic rings. The fraction of sp³-hybridized carbons (Fsp3) is 0.478. The highest BCUT2D eigenvalue weighted by atomic mass is 16.3. The number of anilines is 1. The van der Waals surface area contributed by atoms with Crippen LogP contribution in [-0.2, 0) is 11.2 Å². The number of rotatable bonds is 10. The Hall–Kier alpha value is -2.96. The van der Waals surface area contributed by atoms with Gasteiger partial charge in [0.25, 0.3) is 0 Å². The Morgan fingerprint density at radius 2 is 1.87 bits per heavy atom. The molecular formula is C23H33N5O2. The van der Waals surface area contributed by atoms with E-state index in [0.717, 1.165) is 57.6 Å². The highest BCUT2D eigenvalue weighted by Crippen LogP contribution is 2.10. The van der Waals surface area contributed by atoms with Crippen molar-refractivity contribution in [2.24, 2.45) is 4.99 Å². The summed E-state index contributed by atoms with van der Waals surface area (Å²) in [5.74, 6) is 1.71. The van der Waals surface area contributed by atoms with Gasteiger partial charge in [-0.2, -0.15) is 0 Å². The summed E-state index contributed by atoms with van der Waals surface area (Å²) in [5, 5.41) is 6.68. The highest BCUT2D eigenvalue weighted by Gasteiger charge is 2.17. The van der Waals surface area contributed by atoms with Crippen LogP contribution in [0, 0.1) is 0 Å². The molecule has 0 unspecified atom stereocenters. The maximum Gasteiger partial charge on any atom is 0.244 e. The number of carbonyl (C=O) groups is 1. The second kappa shape index (κ2) is 11.9. The van der Waals surface area contributed by atoms with Crippen LogP contribution in [0.3, 0.4) is 0 Å². The van der Waals surface area contributed by atoms with E-state index < -0.39 is 0 Å². The van der Waals surface area contributed by atoms with E-state index in [2.05, 4.69) is 51.8 Å². The van der Waals surface area contributed by atoms with Crippen LogP contribution >= 0.6 is 0 Å². The monoisotopic (exact) mass is 411 g/mol. The first kappa shape index (κ1) is 21.7. The van der Waals surface area contributed by atoms with Gasteiger partial charge in [0.1, 0.15) is 12.3 Å². The van der Waals surface area contributed by atoms with Crippen molar-refractivity contribution >= 4 is 17.6 Å². The van der Waals surface area contributed by atoms with Crippen LogP contribution in [0.25, 0.3) is 0 Å². The first-order valence-corrected chi connectivity index (χ1v) is 10.8. The third-order valence-electron chi connectivity index (χ3n) is 5.23. The molecule has 30 heavy (non-hydrogen) atoms. The zero-order valence-corrected chi connectivity index (χ0v) is 17.8. The van der Waals surface area contributed by atoms with E-state index in [1.54, 1.807) is 6.26 Å². The van der Waals surface area contributed by atoms with E-state index in [4.69, 9.17) is 4.42 Å². The number of hydrogen-bond acceptors (Lipinski definition) is 4. The van der Waals surface area contributed by atoms with Crippen LogP contribution in [0.5, 0.6) is 0 Å². The van der Waals surface area contributed by atoms with Crippen LogP contribution in [0.4, 0.5) is 5.69 Å². The summed E-state index contributed by atoms with van der Waals surface area (Å²) in [6.45, 7) is 4.30. The number of hydrogen-bond donors (Lipinski definition) is 2. The fourth-order valence-electron chi connectivity index (χ4n) is 3.48. The topological polar surface area (TPSA) is 73.1 Å². The van der Waals surface area contributed by atoms with E-state index in [-0.39, 0.29) is 12.5 Å². The summed E-state index contributed by atoms with van der Waals surface area (Å²) in [6, 6.07) is 14.2. The number of para-hydroxylation sites is 1. The number of nitrogens with zero attached hydrogens (tertiary/aromatic N) is 3. The van der Waals surface area contributed by atoms with Gasteiger partial charge in [-0.3, -0.25) is 4.79 Å². The number of furan rings is 1. The lowest BCUT2D eigenvalue weighted by atomic mass is 10.3. The standard InChI is InChI=1S/C23H33N5O2/c1-27(20-9-3-2-4-10-20)15-8-13-24-23(25-14-12-21-11-7-18-30-21)26-19-22(29)28-16-5-6-17-28/h2-4,7,9-11,18H,5-6,8,12-17,19H2,1H3,(H2,24,25,26). The van der Waals surface area contributed by atoms with Gasteiger partial charge in [0.2, 0.25) is 5.91 Å². The molecular weight excluding hydrogens is 378 g/mol. The third kappa shape index (κ3) is 7.13. The lowest BCUT2D eigenvalue weighted by Gasteiger charge is -2.20. The first-order chi connectivity index (χ1) is 14.7. The molecule has 1 aromatic carbocycles. The second-order valence-electron chi connectivity index (χ2n) is 7.55. The largest absolute Gasteiger partial charge is 0.469 e. The van der Waals surface area contributed by atoms with E-state index >= 15 is 0 Å². The molecule has 7 nitrogen and oxygen atoms in total. The molecule has 2 aromatic rings.